The number of hydrogen-bond donors (Lipinski definition) is 1. The SMILES string of the molecule is Cn1c2c(c3ccccc31)C(C(=O)O)CC2. The van der Waals surface area contributed by atoms with E-state index in [1.54, 1.807) is 0 Å². The summed E-state index contributed by atoms with van der Waals surface area (Å²) in [7, 11) is 2.02. The van der Waals surface area contributed by atoms with Crippen molar-refractivity contribution in [1.29, 1.82) is 0 Å². The summed E-state index contributed by atoms with van der Waals surface area (Å²) in [6, 6.07) is 8.04. The van der Waals surface area contributed by atoms with Gasteiger partial charge in [0.15, 0.2) is 0 Å². The van der Waals surface area contributed by atoms with Crippen LogP contribution in [0.2, 0.25) is 0 Å². The Balaban J connectivity index is 2.35. The predicted molar refractivity (Wildman–Crippen MR) is 61.6 cm³/mol. The zero-order valence-electron chi connectivity index (χ0n) is 9.10. The van der Waals surface area contributed by atoms with Gasteiger partial charge in [-0.3, -0.25) is 4.79 Å². The maximum atomic E-state index is 11.2. The van der Waals surface area contributed by atoms with Crippen LogP contribution in [0.4, 0.5) is 0 Å². The van der Waals surface area contributed by atoms with Crippen molar-refractivity contribution >= 4 is 16.9 Å². The molecule has 1 aliphatic rings. The third-order valence-corrected chi connectivity index (χ3v) is 3.59. The van der Waals surface area contributed by atoms with Gasteiger partial charge < -0.3 is 9.67 Å². The second kappa shape index (κ2) is 3.11. The van der Waals surface area contributed by atoms with Gasteiger partial charge in [-0.05, 0) is 24.5 Å². The maximum absolute atomic E-state index is 11.2. The number of carbonyl (C=O) groups is 1. The number of para-hydroxylation sites is 1. The molecule has 0 spiro atoms. The number of nitrogens with zero attached hydrogens (tertiary/aromatic N) is 1. The van der Waals surface area contributed by atoms with E-state index in [-0.39, 0.29) is 5.92 Å². The molecule has 0 radical (unpaired) electrons. The van der Waals surface area contributed by atoms with Crippen molar-refractivity contribution in [1.82, 2.24) is 4.57 Å². The molecule has 1 aliphatic carbocycles. The van der Waals surface area contributed by atoms with Gasteiger partial charge in [0.1, 0.15) is 0 Å². The first-order chi connectivity index (χ1) is 7.70. The van der Waals surface area contributed by atoms with Crippen molar-refractivity contribution in [2.24, 2.45) is 7.05 Å². The van der Waals surface area contributed by atoms with Crippen LogP contribution in [0.25, 0.3) is 10.9 Å². The largest absolute Gasteiger partial charge is 0.481 e. The van der Waals surface area contributed by atoms with Gasteiger partial charge in [0, 0.05) is 23.6 Å². The highest BCUT2D eigenvalue weighted by Gasteiger charge is 2.33. The van der Waals surface area contributed by atoms with Gasteiger partial charge >= 0.3 is 5.97 Å². The Morgan fingerprint density at radius 3 is 2.94 bits per heavy atom. The highest BCUT2D eigenvalue weighted by molar-refractivity contribution is 5.92. The molecule has 0 amide bonds. The first-order valence-electron chi connectivity index (χ1n) is 5.49. The maximum Gasteiger partial charge on any atom is 0.311 e. The summed E-state index contributed by atoms with van der Waals surface area (Å²) in [6.07, 6.45) is 1.61. The molecular formula is C13H13NO2. The fourth-order valence-corrected chi connectivity index (χ4v) is 2.84. The molecular weight excluding hydrogens is 202 g/mol. The molecule has 0 saturated carbocycles. The number of benzene rings is 1. The lowest BCUT2D eigenvalue weighted by Crippen LogP contribution is -2.07. The van der Waals surface area contributed by atoms with Crippen LogP contribution in [0.5, 0.6) is 0 Å². The van der Waals surface area contributed by atoms with Gasteiger partial charge in [0.25, 0.3) is 0 Å². The molecule has 1 aromatic carbocycles. The lowest BCUT2D eigenvalue weighted by atomic mass is 10.0. The molecule has 1 unspecified atom stereocenters. The second-order valence-corrected chi connectivity index (χ2v) is 4.37. The molecule has 0 aliphatic heterocycles. The van der Waals surface area contributed by atoms with E-state index in [1.165, 1.54) is 5.69 Å². The van der Waals surface area contributed by atoms with Crippen LogP contribution in [-0.4, -0.2) is 15.6 Å². The summed E-state index contributed by atoms with van der Waals surface area (Å²) in [5, 5.41) is 10.3. The minimum Gasteiger partial charge on any atom is -0.481 e. The smallest absolute Gasteiger partial charge is 0.311 e. The van der Waals surface area contributed by atoms with Crippen molar-refractivity contribution in [3.63, 3.8) is 0 Å². The minimum absolute atomic E-state index is 0.318. The minimum atomic E-state index is -0.699. The number of hydrogen-bond acceptors (Lipinski definition) is 1. The molecule has 0 bridgehead atoms. The van der Waals surface area contributed by atoms with E-state index >= 15 is 0 Å². The molecule has 3 heteroatoms. The van der Waals surface area contributed by atoms with Gasteiger partial charge in [-0.2, -0.15) is 0 Å². The number of aryl methyl sites for hydroxylation is 1. The fraction of sp³-hybridized carbons (Fsp3) is 0.308. The van der Waals surface area contributed by atoms with Crippen molar-refractivity contribution in [2.45, 2.75) is 18.8 Å². The number of rotatable bonds is 1. The van der Waals surface area contributed by atoms with Crippen LogP contribution >= 0.6 is 0 Å². The molecule has 16 heavy (non-hydrogen) atoms. The van der Waals surface area contributed by atoms with E-state index < -0.39 is 5.97 Å². The molecule has 1 atom stereocenters. The lowest BCUT2D eigenvalue weighted by molar-refractivity contribution is -0.138. The van der Waals surface area contributed by atoms with Crippen molar-refractivity contribution < 1.29 is 9.90 Å². The normalized spacial score (nSPS) is 18.9. The lowest BCUT2D eigenvalue weighted by Gasteiger charge is -2.03. The average molecular weight is 215 g/mol. The standard InChI is InChI=1S/C13H13NO2/c1-14-10-5-3-2-4-8(10)12-9(13(15)16)6-7-11(12)14/h2-5,9H,6-7H2,1H3,(H,15,16). The Hall–Kier alpha value is -1.77. The molecule has 1 heterocycles. The summed E-state index contributed by atoms with van der Waals surface area (Å²) in [4.78, 5) is 11.2. The zero-order chi connectivity index (χ0) is 11.3. The van der Waals surface area contributed by atoms with Crippen LogP contribution in [0.3, 0.4) is 0 Å². The van der Waals surface area contributed by atoms with Crippen LogP contribution in [-0.2, 0) is 18.3 Å². The van der Waals surface area contributed by atoms with E-state index in [4.69, 9.17) is 0 Å². The van der Waals surface area contributed by atoms with Gasteiger partial charge in [0.2, 0.25) is 0 Å². The Bertz CT molecular complexity index is 583. The molecule has 2 aromatic rings. The number of aromatic nitrogens is 1. The topological polar surface area (TPSA) is 42.2 Å². The van der Waals surface area contributed by atoms with Crippen molar-refractivity contribution in [3.8, 4) is 0 Å². The first-order valence-corrected chi connectivity index (χ1v) is 5.49. The zero-order valence-corrected chi connectivity index (χ0v) is 9.10. The summed E-state index contributed by atoms with van der Waals surface area (Å²) in [6.45, 7) is 0. The molecule has 1 N–H and O–H groups in total. The quantitative estimate of drug-likeness (QED) is 0.793. The van der Waals surface area contributed by atoms with E-state index in [0.29, 0.717) is 0 Å². The number of carboxylic acids is 1. The number of carboxylic acid groups (broad SMARTS) is 1. The molecule has 1 aromatic heterocycles. The van der Waals surface area contributed by atoms with Gasteiger partial charge in [-0.1, -0.05) is 18.2 Å². The Kier molecular flexibility index (Phi) is 1.84. The predicted octanol–water partition coefficient (Wildman–Crippen LogP) is 2.29. The summed E-state index contributed by atoms with van der Waals surface area (Å²) < 4.78 is 2.13. The highest BCUT2D eigenvalue weighted by atomic mass is 16.4. The molecule has 3 rings (SSSR count). The summed E-state index contributed by atoms with van der Waals surface area (Å²) in [5.41, 5.74) is 3.36. The second-order valence-electron chi connectivity index (χ2n) is 4.37. The van der Waals surface area contributed by atoms with E-state index in [9.17, 15) is 9.90 Å². The van der Waals surface area contributed by atoms with Crippen LogP contribution in [0.15, 0.2) is 24.3 Å². The molecule has 0 fully saturated rings. The van der Waals surface area contributed by atoms with Gasteiger partial charge in [0.05, 0.1) is 5.92 Å². The molecule has 3 nitrogen and oxygen atoms in total. The van der Waals surface area contributed by atoms with E-state index in [1.807, 2.05) is 31.3 Å². The summed E-state index contributed by atoms with van der Waals surface area (Å²) >= 11 is 0. The fourth-order valence-electron chi connectivity index (χ4n) is 2.84. The third-order valence-electron chi connectivity index (χ3n) is 3.59. The van der Waals surface area contributed by atoms with E-state index in [0.717, 1.165) is 29.3 Å². The van der Waals surface area contributed by atoms with Crippen LogP contribution in [0, 0.1) is 0 Å². The molecule has 0 saturated heterocycles. The van der Waals surface area contributed by atoms with Crippen LogP contribution in [0.1, 0.15) is 23.6 Å². The Morgan fingerprint density at radius 2 is 2.19 bits per heavy atom. The summed E-state index contributed by atoms with van der Waals surface area (Å²) in [5.74, 6) is -1.02. The first kappa shape index (κ1) is 9.46. The number of aliphatic carboxylic acids is 1. The number of fused-ring (bicyclic) bond motifs is 3. The van der Waals surface area contributed by atoms with Crippen molar-refractivity contribution in [2.75, 3.05) is 0 Å². The third kappa shape index (κ3) is 1.06. The Labute approximate surface area is 93.3 Å². The van der Waals surface area contributed by atoms with Gasteiger partial charge in [-0.25, -0.2) is 0 Å². The van der Waals surface area contributed by atoms with Crippen LogP contribution < -0.4 is 0 Å². The average Bonchev–Trinajstić information content (AvgIpc) is 2.81. The molecule has 82 valence electrons. The van der Waals surface area contributed by atoms with Gasteiger partial charge in [-0.15, -0.1) is 0 Å². The highest BCUT2D eigenvalue weighted by Crippen LogP contribution is 2.40. The van der Waals surface area contributed by atoms with Crippen molar-refractivity contribution in [3.05, 3.63) is 35.5 Å². The Morgan fingerprint density at radius 1 is 1.44 bits per heavy atom. The van der Waals surface area contributed by atoms with E-state index in [2.05, 4.69) is 4.57 Å². The monoisotopic (exact) mass is 215 g/mol.